The zero-order valence-electron chi connectivity index (χ0n) is 16.9. The maximum Gasteiger partial charge on any atom is 0.198 e. The van der Waals surface area contributed by atoms with Crippen LogP contribution >= 0.6 is 11.8 Å². The Bertz CT molecular complexity index is 1160. The molecule has 0 radical (unpaired) electrons. The third kappa shape index (κ3) is 4.37. The molecule has 5 nitrogen and oxygen atoms in total. The molecule has 1 aromatic heterocycles. The van der Waals surface area contributed by atoms with E-state index in [2.05, 4.69) is 5.16 Å². The molecule has 7 heteroatoms. The Kier molecular flexibility index (Phi) is 5.84. The number of nitrogens with zero attached hydrogens (tertiary/aromatic N) is 1. The van der Waals surface area contributed by atoms with E-state index in [0.717, 1.165) is 23.3 Å². The fourth-order valence-corrected chi connectivity index (χ4v) is 5.27. The molecule has 0 N–H and O–H groups in total. The second kappa shape index (κ2) is 8.40. The summed E-state index contributed by atoms with van der Waals surface area (Å²) in [7, 11) is -3.39. The average Bonchev–Trinajstić information content (AvgIpc) is 3.47. The zero-order valence-corrected chi connectivity index (χ0v) is 18.5. The largest absolute Gasteiger partial charge is 0.360 e. The molecule has 30 heavy (non-hydrogen) atoms. The minimum Gasteiger partial charge on any atom is -0.360 e. The summed E-state index contributed by atoms with van der Waals surface area (Å²) in [5, 5.41) is 3.12. The molecule has 1 aliphatic carbocycles. The zero-order chi connectivity index (χ0) is 21.3. The first-order valence-electron chi connectivity index (χ1n) is 9.78. The van der Waals surface area contributed by atoms with Crippen LogP contribution in [0, 0.1) is 0 Å². The van der Waals surface area contributed by atoms with E-state index in [0.29, 0.717) is 22.5 Å². The van der Waals surface area contributed by atoms with Gasteiger partial charge >= 0.3 is 0 Å². The van der Waals surface area contributed by atoms with Crippen LogP contribution in [0.3, 0.4) is 0 Å². The normalized spacial score (nSPS) is 15.1. The van der Waals surface area contributed by atoms with Crippen molar-refractivity contribution in [1.82, 2.24) is 5.16 Å². The number of ketones is 1. The van der Waals surface area contributed by atoms with Crippen LogP contribution in [-0.2, 0) is 16.3 Å². The molecule has 1 unspecified atom stereocenters. The first kappa shape index (κ1) is 20.9. The van der Waals surface area contributed by atoms with Gasteiger partial charge in [0.15, 0.2) is 21.4 Å². The first-order valence-corrected chi connectivity index (χ1v) is 13.0. The summed E-state index contributed by atoms with van der Waals surface area (Å²) in [5.41, 5.74) is 2.42. The lowest BCUT2D eigenvalue weighted by molar-refractivity contribution is 0.103. The molecule has 4 rings (SSSR count). The molecule has 0 saturated heterocycles. The van der Waals surface area contributed by atoms with Crippen molar-refractivity contribution < 1.29 is 17.7 Å². The van der Waals surface area contributed by atoms with Gasteiger partial charge in [0.25, 0.3) is 0 Å². The van der Waals surface area contributed by atoms with Gasteiger partial charge in [0, 0.05) is 22.6 Å². The van der Waals surface area contributed by atoms with Crippen molar-refractivity contribution in [2.75, 3.05) is 12.5 Å². The van der Waals surface area contributed by atoms with Gasteiger partial charge in [-0.05, 0) is 54.8 Å². The second-order valence-corrected chi connectivity index (χ2v) is 10.8. The maximum absolute atomic E-state index is 13.4. The lowest BCUT2D eigenvalue weighted by Gasteiger charge is -2.18. The highest BCUT2D eigenvalue weighted by Gasteiger charge is 2.33. The molecule has 1 aliphatic rings. The molecule has 0 bridgehead atoms. The molecule has 1 heterocycles. The number of carbonyl (C=O) groups is 1. The van der Waals surface area contributed by atoms with E-state index in [1.165, 1.54) is 12.5 Å². The molecule has 0 spiro atoms. The quantitative estimate of drug-likeness (QED) is 0.368. The number of hydrogen-bond donors (Lipinski definition) is 0. The molecule has 1 saturated carbocycles. The number of sulfone groups is 1. The fourth-order valence-electron chi connectivity index (χ4n) is 3.68. The smallest absolute Gasteiger partial charge is 0.198 e. The summed E-state index contributed by atoms with van der Waals surface area (Å²) in [6, 6.07) is 14.8. The van der Waals surface area contributed by atoms with Gasteiger partial charge in [-0.25, -0.2) is 8.42 Å². The highest BCUT2D eigenvalue weighted by Crippen LogP contribution is 2.42. The predicted molar refractivity (Wildman–Crippen MR) is 118 cm³/mol. The average molecular weight is 442 g/mol. The fraction of sp³-hybridized carbons (Fsp3) is 0.304. The Morgan fingerprint density at radius 1 is 1.17 bits per heavy atom. The Labute approximate surface area is 180 Å². The number of thioether (sulfide) groups is 1. The standard InChI is InChI=1S/C23H23NO4S2/c1-29-18-10-11-19(22(25)20-14-24-28-23(20)16-8-9-16)17(12-18)13-21(30(2,26)27)15-6-4-3-5-7-15/h3-7,10-12,14,16,21H,8-9,13H2,1-2H3. The van der Waals surface area contributed by atoms with Crippen molar-refractivity contribution >= 4 is 27.4 Å². The third-order valence-electron chi connectivity index (χ3n) is 5.44. The van der Waals surface area contributed by atoms with Crippen LogP contribution in [0.2, 0.25) is 0 Å². The number of hydrogen-bond acceptors (Lipinski definition) is 6. The van der Waals surface area contributed by atoms with Crippen molar-refractivity contribution in [3.8, 4) is 0 Å². The van der Waals surface area contributed by atoms with Crippen LogP contribution in [0.4, 0.5) is 0 Å². The van der Waals surface area contributed by atoms with Gasteiger partial charge in [-0.2, -0.15) is 0 Å². The summed E-state index contributed by atoms with van der Waals surface area (Å²) in [6.45, 7) is 0. The molecule has 0 amide bonds. The lowest BCUT2D eigenvalue weighted by atomic mass is 9.94. The van der Waals surface area contributed by atoms with Gasteiger partial charge < -0.3 is 4.52 Å². The Hall–Kier alpha value is -2.38. The van der Waals surface area contributed by atoms with E-state index in [1.54, 1.807) is 17.8 Å². The van der Waals surface area contributed by atoms with E-state index >= 15 is 0 Å². The van der Waals surface area contributed by atoms with Gasteiger partial charge in [0.05, 0.1) is 17.0 Å². The van der Waals surface area contributed by atoms with Gasteiger partial charge in [-0.15, -0.1) is 11.8 Å². The summed E-state index contributed by atoms with van der Waals surface area (Å²) in [5.74, 6) is 0.734. The van der Waals surface area contributed by atoms with Crippen molar-refractivity contribution in [2.45, 2.75) is 35.3 Å². The van der Waals surface area contributed by atoms with Gasteiger partial charge in [0.1, 0.15) is 0 Å². The van der Waals surface area contributed by atoms with Crippen LogP contribution in [0.5, 0.6) is 0 Å². The topological polar surface area (TPSA) is 77.2 Å². The van der Waals surface area contributed by atoms with Gasteiger partial charge in [-0.3, -0.25) is 4.79 Å². The van der Waals surface area contributed by atoms with E-state index in [4.69, 9.17) is 4.52 Å². The van der Waals surface area contributed by atoms with Crippen molar-refractivity contribution in [3.63, 3.8) is 0 Å². The van der Waals surface area contributed by atoms with E-state index in [1.807, 2.05) is 48.7 Å². The SMILES string of the molecule is CSc1ccc(C(=O)c2cnoc2C2CC2)c(CC(c2ccccc2)S(C)(=O)=O)c1. The minimum atomic E-state index is -3.39. The predicted octanol–water partition coefficient (Wildman–Crippen LogP) is 4.83. The van der Waals surface area contributed by atoms with E-state index in [9.17, 15) is 13.2 Å². The maximum atomic E-state index is 13.4. The Morgan fingerprint density at radius 2 is 1.90 bits per heavy atom. The summed E-state index contributed by atoms with van der Waals surface area (Å²) in [4.78, 5) is 14.4. The van der Waals surface area contributed by atoms with Crippen LogP contribution in [0.1, 0.15) is 56.8 Å². The third-order valence-corrected chi connectivity index (χ3v) is 7.64. The molecular weight excluding hydrogens is 418 g/mol. The number of rotatable bonds is 8. The van der Waals surface area contributed by atoms with Crippen LogP contribution < -0.4 is 0 Å². The Balaban J connectivity index is 1.76. The van der Waals surface area contributed by atoms with Crippen LogP contribution in [0.25, 0.3) is 0 Å². The molecule has 3 aromatic rings. The highest BCUT2D eigenvalue weighted by atomic mass is 32.2. The molecular formula is C23H23NO4S2. The summed E-state index contributed by atoms with van der Waals surface area (Å²) >= 11 is 1.56. The number of aromatic nitrogens is 1. The first-order chi connectivity index (χ1) is 14.4. The van der Waals surface area contributed by atoms with Crippen molar-refractivity contribution in [1.29, 1.82) is 0 Å². The van der Waals surface area contributed by atoms with Crippen LogP contribution in [0.15, 0.2) is 64.1 Å². The number of carbonyl (C=O) groups excluding carboxylic acids is 1. The lowest BCUT2D eigenvalue weighted by Crippen LogP contribution is -2.17. The van der Waals surface area contributed by atoms with Crippen molar-refractivity contribution in [2.24, 2.45) is 0 Å². The van der Waals surface area contributed by atoms with E-state index < -0.39 is 15.1 Å². The van der Waals surface area contributed by atoms with E-state index in [-0.39, 0.29) is 18.1 Å². The molecule has 2 aromatic carbocycles. The molecule has 0 aliphatic heterocycles. The van der Waals surface area contributed by atoms with Gasteiger partial charge in [-0.1, -0.05) is 35.5 Å². The van der Waals surface area contributed by atoms with Crippen LogP contribution in [-0.4, -0.2) is 31.9 Å². The van der Waals surface area contributed by atoms with Crippen molar-refractivity contribution in [3.05, 3.63) is 82.7 Å². The number of benzene rings is 2. The summed E-state index contributed by atoms with van der Waals surface area (Å²) < 4.78 is 30.6. The second-order valence-electron chi connectivity index (χ2n) is 7.66. The minimum absolute atomic E-state index is 0.166. The summed E-state index contributed by atoms with van der Waals surface area (Å²) in [6.07, 6.45) is 6.90. The molecule has 1 atom stereocenters. The van der Waals surface area contributed by atoms with Gasteiger partial charge in [0.2, 0.25) is 0 Å². The Morgan fingerprint density at radius 3 is 2.53 bits per heavy atom. The monoisotopic (exact) mass is 441 g/mol. The highest BCUT2D eigenvalue weighted by molar-refractivity contribution is 7.98. The molecule has 156 valence electrons. The molecule has 1 fully saturated rings.